The zero-order valence-electron chi connectivity index (χ0n) is 13.9. The summed E-state index contributed by atoms with van der Waals surface area (Å²) >= 11 is 1.92. The molecular formula is C18H27ClN2O2S. The Labute approximate surface area is 154 Å². The second kappa shape index (κ2) is 9.66. The summed E-state index contributed by atoms with van der Waals surface area (Å²) in [5.41, 5.74) is 0.942. The molecule has 134 valence electrons. The van der Waals surface area contributed by atoms with Gasteiger partial charge in [-0.05, 0) is 24.8 Å². The van der Waals surface area contributed by atoms with Crippen molar-refractivity contribution in [2.75, 3.05) is 24.6 Å². The Morgan fingerprint density at radius 3 is 2.88 bits per heavy atom. The predicted molar refractivity (Wildman–Crippen MR) is 102 cm³/mol. The number of carbonyl (C=O) groups is 1. The van der Waals surface area contributed by atoms with Crippen LogP contribution < -0.4 is 5.32 Å². The van der Waals surface area contributed by atoms with E-state index in [1.54, 1.807) is 0 Å². The second-order valence-corrected chi connectivity index (χ2v) is 7.63. The van der Waals surface area contributed by atoms with Gasteiger partial charge >= 0.3 is 0 Å². The van der Waals surface area contributed by atoms with Gasteiger partial charge in [-0.3, -0.25) is 4.79 Å². The number of aliphatic hydroxyl groups is 1. The van der Waals surface area contributed by atoms with Crippen molar-refractivity contribution in [1.82, 2.24) is 10.2 Å². The van der Waals surface area contributed by atoms with E-state index in [0.717, 1.165) is 43.0 Å². The first-order chi connectivity index (χ1) is 11.2. The molecule has 1 amide bonds. The highest BCUT2D eigenvalue weighted by Crippen LogP contribution is 2.28. The van der Waals surface area contributed by atoms with Gasteiger partial charge in [0, 0.05) is 43.1 Å². The van der Waals surface area contributed by atoms with Crippen molar-refractivity contribution >= 4 is 30.1 Å². The zero-order chi connectivity index (χ0) is 16.1. The normalized spacial score (nSPS) is 25.1. The van der Waals surface area contributed by atoms with Crippen molar-refractivity contribution in [3.05, 3.63) is 35.9 Å². The third kappa shape index (κ3) is 5.12. The maximum absolute atomic E-state index is 12.6. The number of nitrogens with one attached hydrogen (secondary N) is 1. The molecule has 4 nitrogen and oxygen atoms in total. The van der Waals surface area contributed by atoms with E-state index in [2.05, 4.69) is 5.32 Å². The van der Waals surface area contributed by atoms with Crippen LogP contribution in [0, 0.1) is 0 Å². The van der Waals surface area contributed by atoms with Gasteiger partial charge in [0.25, 0.3) is 0 Å². The largest absolute Gasteiger partial charge is 0.388 e. The number of aliphatic hydroxyl groups excluding tert-OH is 1. The van der Waals surface area contributed by atoms with Crippen LogP contribution in [0.15, 0.2) is 30.3 Å². The minimum atomic E-state index is -0.488. The van der Waals surface area contributed by atoms with Crippen LogP contribution in [0.4, 0.5) is 0 Å². The summed E-state index contributed by atoms with van der Waals surface area (Å²) in [6.07, 6.45) is 2.79. The molecule has 1 aromatic carbocycles. The van der Waals surface area contributed by atoms with Gasteiger partial charge in [0.05, 0.1) is 6.10 Å². The molecule has 3 atom stereocenters. The van der Waals surface area contributed by atoms with E-state index in [0.29, 0.717) is 18.9 Å². The number of rotatable bonds is 5. The van der Waals surface area contributed by atoms with Crippen LogP contribution in [0.2, 0.25) is 0 Å². The average Bonchev–Trinajstić information content (AvgIpc) is 3.05. The number of hydrogen-bond donors (Lipinski definition) is 2. The summed E-state index contributed by atoms with van der Waals surface area (Å²) in [4.78, 5) is 14.6. The molecule has 2 N–H and O–H groups in total. The van der Waals surface area contributed by atoms with E-state index in [1.165, 1.54) is 0 Å². The molecule has 0 spiro atoms. The molecule has 0 saturated carbocycles. The van der Waals surface area contributed by atoms with Crippen LogP contribution in [0.5, 0.6) is 0 Å². The maximum atomic E-state index is 12.6. The fourth-order valence-electron chi connectivity index (χ4n) is 3.56. The number of hydrogen-bond acceptors (Lipinski definition) is 4. The van der Waals surface area contributed by atoms with Crippen molar-refractivity contribution in [3.8, 4) is 0 Å². The molecule has 1 aromatic rings. The maximum Gasteiger partial charge on any atom is 0.224 e. The van der Waals surface area contributed by atoms with Crippen LogP contribution in [-0.4, -0.2) is 52.6 Å². The fourth-order valence-corrected chi connectivity index (χ4v) is 4.51. The first-order valence-electron chi connectivity index (χ1n) is 8.57. The van der Waals surface area contributed by atoms with Crippen molar-refractivity contribution < 1.29 is 9.90 Å². The Hall–Kier alpha value is -0.750. The molecule has 0 radical (unpaired) electrons. The molecule has 2 aliphatic rings. The van der Waals surface area contributed by atoms with Crippen LogP contribution in [-0.2, 0) is 4.79 Å². The van der Waals surface area contributed by atoms with Gasteiger partial charge in [0.2, 0.25) is 5.91 Å². The van der Waals surface area contributed by atoms with Gasteiger partial charge in [-0.2, -0.15) is 11.8 Å². The molecule has 0 aromatic heterocycles. The summed E-state index contributed by atoms with van der Waals surface area (Å²) in [6.45, 7) is 1.84. The zero-order valence-corrected chi connectivity index (χ0v) is 15.5. The standard InChI is InChI=1S/C18H26N2O2S.ClH/c21-17(14-5-2-1-3-6-14)12-16-7-4-9-20(16)18(22)11-15-13-23-10-8-19-15;/h1-3,5-6,15-17,19,21H,4,7-13H2;1H. The highest BCUT2D eigenvalue weighted by atomic mass is 35.5. The SMILES string of the molecule is Cl.O=C(CC1CSCCN1)N1CCCC1CC(O)c1ccccc1. The number of thioether (sulfide) groups is 1. The number of carbonyl (C=O) groups excluding carboxylic acids is 1. The predicted octanol–water partition coefficient (Wildman–Crippen LogP) is 2.62. The van der Waals surface area contributed by atoms with Crippen LogP contribution in [0.1, 0.15) is 37.4 Å². The summed E-state index contributed by atoms with van der Waals surface area (Å²) in [5, 5.41) is 13.9. The van der Waals surface area contributed by atoms with E-state index < -0.39 is 6.10 Å². The van der Waals surface area contributed by atoms with E-state index >= 15 is 0 Å². The fraction of sp³-hybridized carbons (Fsp3) is 0.611. The monoisotopic (exact) mass is 370 g/mol. The second-order valence-electron chi connectivity index (χ2n) is 6.48. The molecule has 3 rings (SSSR count). The summed E-state index contributed by atoms with van der Waals surface area (Å²) in [5.74, 6) is 2.41. The van der Waals surface area contributed by atoms with Crippen molar-refractivity contribution in [2.45, 2.75) is 43.9 Å². The van der Waals surface area contributed by atoms with E-state index in [9.17, 15) is 9.90 Å². The van der Waals surface area contributed by atoms with E-state index in [4.69, 9.17) is 0 Å². The Bertz CT molecular complexity index is 511. The number of halogens is 1. The summed E-state index contributed by atoms with van der Waals surface area (Å²) in [7, 11) is 0. The molecule has 6 heteroatoms. The molecule has 24 heavy (non-hydrogen) atoms. The average molecular weight is 371 g/mol. The van der Waals surface area contributed by atoms with Crippen LogP contribution in [0.25, 0.3) is 0 Å². The Morgan fingerprint density at radius 2 is 2.17 bits per heavy atom. The molecular weight excluding hydrogens is 344 g/mol. The van der Waals surface area contributed by atoms with Crippen LogP contribution >= 0.6 is 24.2 Å². The van der Waals surface area contributed by atoms with Crippen LogP contribution in [0.3, 0.4) is 0 Å². The van der Waals surface area contributed by atoms with Gasteiger partial charge in [0.15, 0.2) is 0 Å². The lowest BCUT2D eigenvalue weighted by Gasteiger charge is -2.29. The smallest absolute Gasteiger partial charge is 0.224 e. The Kier molecular flexibility index (Phi) is 7.88. The minimum Gasteiger partial charge on any atom is -0.388 e. The Morgan fingerprint density at radius 1 is 1.38 bits per heavy atom. The minimum absolute atomic E-state index is 0. The van der Waals surface area contributed by atoms with Crippen molar-refractivity contribution in [1.29, 1.82) is 0 Å². The number of nitrogens with zero attached hydrogens (tertiary/aromatic N) is 1. The number of amides is 1. The molecule has 2 saturated heterocycles. The molecule has 2 fully saturated rings. The highest BCUT2D eigenvalue weighted by molar-refractivity contribution is 7.99. The first-order valence-corrected chi connectivity index (χ1v) is 9.73. The van der Waals surface area contributed by atoms with Gasteiger partial charge in [-0.25, -0.2) is 0 Å². The van der Waals surface area contributed by atoms with Gasteiger partial charge in [-0.15, -0.1) is 12.4 Å². The molecule has 3 unspecified atom stereocenters. The first kappa shape index (κ1) is 19.6. The number of likely N-dealkylation sites (tertiary alicyclic amines) is 1. The third-order valence-corrected chi connectivity index (χ3v) is 5.93. The third-order valence-electron chi connectivity index (χ3n) is 4.80. The molecule has 0 aliphatic carbocycles. The summed E-state index contributed by atoms with van der Waals surface area (Å²) in [6, 6.07) is 10.2. The lowest BCUT2D eigenvalue weighted by atomic mass is 10.0. The molecule has 2 heterocycles. The van der Waals surface area contributed by atoms with E-state index in [1.807, 2.05) is 47.0 Å². The van der Waals surface area contributed by atoms with Gasteiger partial charge in [0.1, 0.15) is 0 Å². The van der Waals surface area contributed by atoms with Crippen molar-refractivity contribution in [3.63, 3.8) is 0 Å². The lowest BCUT2D eigenvalue weighted by molar-refractivity contribution is -0.132. The van der Waals surface area contributed by atoms with Crippen molar-refractivity contribution in [2.24, 2.45) is 0 Å². The van der Waals surface area contributed by atoms with E-state index in [-0.39, 0.29) is 24.4 Å². The Balaban J connectivity index is 0.00000208. The van der Waals surface area contributed by atoms with Gasteiger partial charge in [-0.1, -0.05) is 30.3 Å². The lowest BCUT2D eigenvalue weighted by Crippen LogP contribution is -2.44. The topological polar surface area (TPSA) is 52.6 Å². The highest BCUT2D eigenvalue weighted by Gasteiger charge is 2.31. The summed E-state index contributed by atoms with van der Waals surface area (Å²) < 4.78 is 0. The number of benzene rings is 1. The molecule has 2 aliphatic heterocycles. The quantitative estimate of drug-likeness (QED) is 0.836. The van der Waals surface area contributed by atoms with Gasteiger partial charge < -0.3 is 15.3 Å². The molecule has 0 bridgehead atoms.